The molecule has 0 aromatic heterocycles. The van der Waals surface area contributed by atoms with Crippen molar-refractivity contribution in [3.05, 3.63) is 0 Å². The first-order valence-electron chi connectivity index (χ1n) is 8.21. The van der Waals surface area contributed by atoms with Gasteiger partial charge in [0.05, 0.1) is 38.4 Å². The van der Waals surface area contributed by atoms with E-state index in [0.717, 1.165) is 13.2 Å². The number of aliphatic hydroxyl groups excluding tert-OH is 2. The van der Waals surface area contributed by atoms with Crippen LogP contribution in [-0.2, 0) is 23.9 Å². The molecule has 0 bridgehead atoms. The van der Waals surface area contributed by atoms with Gasteiger partial charge in [0.2, 0.25) is 0 Å². The van der Waals surface area contributed by atoms with Gasteiger partial charge in [0.1, 0.15) is 0 Å². The molecule has 0 aliphatic heterocycles. The van der Waals surface area contributed by atoms with Gasteiger partial charge in [-0.1, -0.05) is 6.92 Å². The molecule has 164 valence electrons. The van der Waals surface area contributed by atoms with Gasteiger partial charge in [0.15, 0.2) is 0 Å². The average Bonchev–Trinajstić information content (AvgIpc) is 2.59. The number of ether oxygens (including phenoxy) is 1. The molecule has 0 aromatic carbocycles. The molecule has 0 amide bonds. The van der Waals surface area contributed by atoms with Gasteiger partial charge in [-0.2, -0.15) is 0 Å². The van der Waals surface area contributed by atoms with Crippen LogP contribution in [0.15, 0.2) is 0 Å². The third kappa shape index (κ3) is 64.2. The van der Waals surface area contributed by atoms with Crippen molar-refractivity contribution in [3.63, 3.8) is 0 Å². The second-order valence-corrected chi connectivity index (χ2v) is 4.60. The molecular formula is C16H33NaO11. The van der Waals surface area contributed by atoms with Gasteiger partial charge >= 0.3 is 53.4 Å². The molecule has 0 fully saturated rings. The second kappa shape index (κ2) is 30.5. The fourth-order valence-electron chi connectivity index (χ4n) is 0.761. The molecule has 0 radical (unpaired) electrons. The zero-order valence-corrected chi connectivity index (χ0v) is 16.0. The van der Waals surface area contributed by atoms with Crippen molar-refractivity contribution < 1.29 is 54.6 Å². The van der Waals surface area contributed by atoms with E-state index >= 15 is 0 Å². The molecule has 0 aromatic rings. The summed E-state index contributed by atoms with van der Waals surface area (Å²) in [6, 6.07) is 0. The van der Waals surface area contributed by atoms with Gasteiger partial charge in [0.25, 0.3) is 0 Å². The summed E-state index contributed by atoms with van der Waals surface area (Å²) in [6.07, 6.45) is -1.06. The summed E-state index contributed by atoms with van der Waals surface area (Å²) in [7, 11) is 0. The Kier molecular flexibility index (Phi) is 40.8. The Morgan fingerprint density at radius 1 is 0.714 bits per heavy atom. The number of aliphatic hydroxyl groups is 2. The van der Waals surface area contributed by atoms with Crippen molar-refractivity contribution in [1.29, 1.82) is 0 Å². The van der Waals surface area contributed by atoms with Gasteiger partial charge in [-0.3, -0.25) is 19.2 Å². The first kappa shape index (κ1) is 37.5. The van der Waals surface area contributed by atoms with Crippen LogP contribution in [0.2, 0.25) is 0 Å². The summed E-state index contributed by atoms with van der Waals surface area (Å²) in [5, 5.41) is 48.1. The van der Waals surface area contributed by atoms with E-state index in [0.29, 0.717) is 6.42 Å². The van der Waals surface area contributed by atoms with Gasteiger partial charge < -0.3 is 35.4 Å². The number of aliphatic carboxylic acids is 4. The standard InChI is InChI=1S/2C4H6O4.C4H10O2.C4H10O.Na.H/c2*5-3(6)1-2-4(7)8;1-2-4(6)3-5;1-3-5-4-2;;/h2*1-2H2,(H,5,6)(H,7,8);4-6H,2-3H2,1H3;3-4H2,1-2H3;;. The molecular weight excluding hydrogens is 391 g/mol. The summed E-state index contributed by atoms with van der Waals surface area (Å²) >= 11 is 0. The maximum absolute atomic E-state index is 9.64. The minimum absolute atomic E-state index is 0. The Hall–Kier alpha value is -1.24. The number of carboxylic acid groups (broad SMARTS) is 4. The summed E-state index contributed by atoms with van der Waals surface area (Å²) in [4.78, 5) is 38.6. The van der Waals surface area contributed by atoms with E-state index in [1.165, 1.54) is 0 Å². The number of hydrogen-bond donors (Lipinski definition) is 6. The molecule has 6 N–H and O–H groups in total. The molecule has 12 heteroatoms. The first-order valence-corrected chi connectivity index (χ1v) is 8.21. The molecule has 0 aliphatic rings. The third-order valence-electron chi connectivity index (χ3n) is 2.20. The Morgan fingerprint density at radius 2 is 0.964 bits per heavy atom. The molecule has 1 atom stereocenters. The van der Waals surface area contributed by atoms with Gasteiger partial charge in [0, 0.05) is 13.2 Å². The predicted octanol–water partition coefficient (Wildman–Crippen LogP) is 0.0155. The SMILES string of the molecule is CCC(O)CO.CCOCC.O=C(O)CCC(=O)O.O=C(O)CCC(=O)O.[NaH]. The number of hydrogen-bond acceptors (Lipinski definition) is 7. The van der Waals surface area contributed by atoms with Crippen molar-refractivity contribution in [3.8, 4) is 0 Å². The van der Waals surface area contributed by atoms with E-state index < -0.39 is 30.0 Å². The number of carboxylic acids is 4. The normalized spacial score (nSPS) is 9.46. The Labute approximate surface area is 186 Å². The van der Waals surface area contributed by atoms with Crippen LogP contribution in [0.1, 0.15) is 52.9 Å². The summed E-state index contributed by atoms with van der Waals surface area (Å²) < 4.78 is 4.83. The van der Waals surface area contributed by atoms with Crippen molar-refractivity contribution >= 4 is 53.4 Å². The Balaban J connectivity index is -0.0000000844. The van der Waals surface area contributed by atoms with Crippen LogP contribution in [0, 0.1) is 0 Å². The summed E-state index contributed by atoms with van der Waals surface area (Å²) in [5.41, 5.74) is 0. The van der Waals surface area contributed by atoms with Crippen LogP contribution in [0.3, 0.4) is 0 Å². The Morgan fingerprint density at radius 3 is 1.00 bits per heavy atom. The Bertz CT molecular complexity index is 327. The first-order chi connectivity index (χ1) is 12.5. The van der Waals surface area contributed by atoms with E-state index in [1.54, 1.807) is 0 Å². The van der Waals surface area contributed by atoms with Gasteiger partial charge in [-0.15, -0.1) is 0 Å². The van der Waals surface area contributed by atoms with Crippen molar-refractivity contribution in [2.45, 2.75) is 59.0 Å². The zero-order valence-electron chi connectivity index (χ0n) is 16.0. The van der Waals surface area contributed by atoms with Crippen molar-refractivity contribution in [1.82, 2.24) is 0 Å². The molecule has 0 rings (SSSR count). The van der Waals surface area contributed by atoms with E-state index in [4.69, 9.17) is 35.4 Å². The summed E-state index contributed by atoms with van der Waals surface area (Å²) in [5.74, 6) is -4.31. The van der Waals surface area contributed by atoms with Crippen molar-refractivity contribution in [2.75, 3.05) is 19.8 Å². The zero-order chi connectivity index (χ0) is 22.3. The molecule has 0 heterocycles. The topological polar surface area (TPSA) is 199 Å². The van der Waals surface area contributed by atoms with Crippen LogP contribution in [-0.4, -0.2) is 110 Å². The molecule has 11 nitrogen and oxygen atoms in total. The molecule has 0 spiro atoms. The van der Waals surface area contributed by atoms with E-state index in [1.807, 2.05) is 20.8 Å². The molecule has 0 saturated carbocycles. The maximum atomic E-state index is 9.64. The fraction of sp³-hybridized carbons (Fsp3) is 0.750. The fourth-order valence-corrected chi connectivity index (χ4v) is 0.761. The van der Waals surface area contributed by atoms with Gasteiger partial charge in [-0.05, 0) is 20.3 Å². The molecule has 0 saturated heterocycles. The molecule has 1 unspecified atom stereocenters. The quantitative estimate of drug-likeness (QED) is 0.258. The monoisotopic (exact) mass is 424 g/mol. The molecule has 0 aliphatic carbocycles. The van der Waals surface area contributed by atoms with Crippen LogP contribution in [0.4, 0.5) is 0 Å². The molecule has 28 heavy (non-hydrogen) atoms. The van der Waals surface area contributed by atoms with Crippen LogP contribution >= 0.6 is 0 Å². The van der Waals surface area contributed by atoms with E-state index in [-0.39, 0.29) is 61.8 Å². The van der Waals surface area contributed by atoms with Crippen LogP contribution < -0.4 is 0 Å². The van der Waals surface area contributed by atoms with Crippen molar-refractivity contribution in [2.24, 2.45) is 0 Å². The average molecular weight is 424 g/mol. The van der Waals surface area contributed by atoms with Crippen LogP contribution in [0.25, 0.3) is 0 Å². The van der Waals surface area contributed by atoms with E-state index in [9.17, 15) is 19.2 Å². The summed E-state index contributed by atoms with van der Waals surface area (Å²) in [6.45, 7) is 7.37. The second-order valence-electron chi connectivity index (χ2n) is 4.60. The minimum atomic E-state index is -1.08. The van der Waals surface area contributed by atoms with Crippen LogP contribution in [0.5, 0.6) is 0 Å². The van der Waals surface area contributed by atoms with E-state index in [2.05, 4.69) is 0 Å². The van der Waals surface area contributed by atoms with Gasteiger partial charge in [-0.25, -0.2) is 0 Å². The number of rotatable bonds is 10. The predicted molar refractivity (Wildman–Crippen MR) is 102 cm³/mol. The third-order valence-corrected chi connectivity index (χ3v) is 2.20. The number of carbonyl (C=O) groups is 4.